The molecule has 3 aromatic rings. The van der Waals surface area contributed by atoms with Crippen LogP contribution < -0.4 is 5.32 Å². The van der Waals surface area contributed by atoms with Gasteiger partial charge in [-0.25, -0.2) is 4.98 Å². The summed E-state index contributed by atoms with van der Waals surface area (Å²) in [6, 6.07) is 15.2. The summed E-state index contributed by atoms with van der Waals surface area (Å²) in [4.78, 5) is 41.2. The molecule has 7 heteroatoms. The van der Waals surface area contributed by atoms with Crippen molar-refractivity contribution in [1.82, 2.24) is 15.2 Å². The first-order valence-electron chi connectivity index (χ1n) is 8.69. The Balaban J connectivity index is 1.38. The molecule has 0 aliphatic carbocycles. The lowest BCUT2D eigenvalue weighted by Gasteiger charge is -2.14. The molecule has 1 aliphatic rings. The lowest BCUT2D eigenvalue weighted by molar-refractivity contribution is -0.138. The van der Waals surface area contributed by atoms with Gasteiger partial charge in [-0.05, 0) is 24.3 Å². The Hall–Kier alpha value is -3.06. The van der Waals surface area contributed by atoms with Crippen molar-refractivity contribution in [1.29, 1.82) is 0 Å². The van der Waals surface area contributed by atoms with Crippen LogP contribution in [0.4, 0.5) is 0 Å². The highest BCUT2D eigenvalue weighted by Crippen LogP contribution is 2.29. The molecule has 1 fully saturated rings. The number of hydrogen-bond donors (Lipinski definition) is 1. The number of carbonyl (C=O) groups excluding carboxylic acids is 3. The van der Waals surface area contributed by atoms with Crippen LogP contribution in [-0.2, 0) is 9.59 Å². The van der Waals surface area contributed by atoms with E-state index in [1.54, 1.807) is 23.5 Å². The largest absolute Gasteiger partial charge is 0.350 e. The maximum atomic E-state index is 12.3. The molecule has 2 aromatic carbocycles. The van der Waals surface area contributed by atoms with E-state index in [-0.39, 0.29) is 43.7 Å². The van der Waals surface area contributed by atoms with Gasteiger partial charge in [-0.15, -0.1) is 11.3 Å². The van der Waals surface area contributed by atoms with Gasteiger partial charge in [0.15, 0.2) is 0 Å². The molecular formula is C20H17N3O3S. The van der Waals surface area contributed by atoms with Crippen LogP contribution in [-0.4, -0.2) is 40.7 Å². The molecule has 136 valence electrons. The Labute approximate surface area is 159 Å². The molecule has 27 heavy (non-hydrogen) atoms. The molecule has 0 atom stereocenters. The van der Waals surface area contributed by atoms with Crippen molar-refractivity contribution < 1.29 is 14.4 Å². The number of rotatable bonds is 5. The van der Waals surface area contributed by atoms with Crippen molar-refractivity contribution in [2.24, 2.45) is 0 Å². The van der Waals surface area contributed by atoms with Gasteiger partial charge in [0.25, 0.3) is 5.91 Å². The highest BCUT2D eigenvalue weighted by atomic mass is 32.1. The zero-order valence-electron chi connectivity index (χ0n) is 14.5. The van der Waals surface area contributed by atoms with Crippen molar-refractivity contribution in [3.05, 3.63) is 54.1 Å². The number of benzene rings is 2. The number of amides is 3. The van der Waals surface area contributed by atoms with Crippen LogP contribution in [0.5, 0.6) is 0 Å². The number of thiazole rings is 1. The van der Waals surface area contributed by atoms with E-state index < -0.39 is 0 Å². The highest BCUT2D eigenvalue weighted by Gasteiger charge is 2.28. The van der Waals surface area contributed by atoms with E-state index in [0.29, 0.717) is 5.56 Å². The lowest BCUT2D eigenvalue weighted by Crippen LogP contribution is -2.37. The van der Waals surface area contributed by atoms with Gasteiger partial charge in [-0.2, -0.15) is 0 Å². The third kappa shape index (κ3) is 3.59. The Morgan fingerprint density at radius 2 is 1.74 bits per heavy atom. The van der Waals surface area contributed by atoms with Gasteiger partial charge in [0.05, 0.1) is 10.2 Å². The molecule has 4 rings (SSSR count). The Morgan fingerprint density at radius 1 is 1.04 bits per heavy atom. The molecule has 0 bridgehead atoms. The zero-order valence-corrected chi connectivity index (χ0v) is 15.3. The third-order valence-corrected chi connectivity index (χ3v) is 5.55. The predicted molar refractivity (Wildman–Crippen MR) is 103 cm³/mol. The summed E-state index contributed by atoms with van der Waals surface area (Å²) in [5.41, 5.74) is 2.45. The van der Waals surface area contributed by atoms with Crippen molar-refractivity contribution in [2.75, 3.05) is 13.1 Å². The Bertz CT molecular complexity index is 977. The number of aromatic nitrogens is 1. The quantitative estimate of drug-likeness (QED) is 0.692. The zero-order chi connectivity index (χ0) is 18.8. The second kappa shape index (κ2) is 7.28. The van der Waals surface area contributed by atoms with Crippen LogP contribution in [0.15, 0.2) is 48.5 Å². The fraction of sp³-hybridized carbons (Fsp3) is 0.200. The molecule has 6 nitrogen and oxygen atoms in total. The molecule has 0 spiro atoms. The molecule has 1 N–H and O–H groups in total. The molecular weight excluding hydrogens is 362 g/mol. The molecule has 0 radical (unpaired) electrons. The first-order valence-corrected chi connectivity index (χ1v) is 9.51. The fourth-order valence-corrected chi connectivity index (χ4v) is 3.99. The van der Waals surface area contributed by atoms with Crippen molar-refractivity contribution in [3.63, 3.8) is 0 Å². The number of fused-ring (bicyclic) bond motifs is 1. The Morgan fingerprint density at radius 3 is 2.44 bits per heavy atom. The number of carbonyl (C=O) groups is 3. The van der Waals surface area contributed by atoms with Crippen LogP contribution in [0.25, 0.3) is 20.8 Å². The number of imide groups is 1. The predicted octanol–water partition coefficient (Wildman–Crippen LogP) is 2.84. The summed E-state index contributed by atoms with van der Waals surface area (Å²) in [5, 5.41) is 3.66. The summed E-state index contributed by atoms with van der Waals surface area (Å²) >= 11 is 1.61. The number of nitrogens with zero attached hydrogens (tertiary/aromatic N) is 2. The van der Waals surface area contributed by atoms with Gasteiger partial charge < -0.3 is 5.32 Å². The molecule has 0 saturated carbocycles. The summed E-state index contributed by atoms with van der Waals surface area (Å²) in [6.45, 7) is 0.461. The van der Waals surface area contributed by atoms with Gasteiger partial charge >= 0.3 is 0 Å². The van der Waals surface area contributed by atoms with Gasteiger partial charge in [0, 0.05) is 37.1 Å². The molecule has 1 aliphatic heterocycles. The minimum absolute atomic E-state index is 0.172. The second-order valence-electron chi connectivity index (χ2n) is 6.26. The van der Waals surface area contributed by atoms with E-state index in [2.05, 4.69) is 10.3 Å². The Kier molecular flexibility index (Phi) is 4.68. The molecule has 0 unspecified atom stereocenters. The molecule has 1 saturated heterocycles. The lowest BCUT2D eigenvalue weighted by atomic mass is 10.1. The first kappa shape index (κ1) is 17.4. The third-order valence-electron chi connectivity index (χ3n) is 4.46. The number of hydrogen-bond acceptors (Lipinski definition) is 5. The minimum Gasteiger partial charge on any atom is -0.350 e. The van der Waals surface area contributed by atoms with E-state index in [1.807, 2.05) is 36.4 Å². The minimum atomic E-state index is -0.232. The van der Waals surface area contributed by atoms with Gasteiger partial charge in [0.1, 0.15) is 5.01 Å². The fourth-order valence-electron chi connectivity index (χ4n) is 3.02. The molecule has 1 aromatic heterocycles. The van der Waals surface area contributed by atoms with E-state index in [1.165, 1.54) is 4.90 Å². The monoisotopic (exact) mass is 379 g/mol. The maximum Gasteiger partial charge on any atom is 0.251 e. The van der Waals surface area contributed by atoms with Crippen molar-refractivity contribution >= 4 is 39.3 Å². The number of likely N-dealkylation sites (tertiary alicyclic amines) is 1. The van der Waals surface area contributed by atoms with Gasteiger partial charge in [-0.3, -0.25) is 19.3 Å². The normalized spacial score (nSPS) is 14.1. The van der Waals surface area contributed by atoms with E-state index in [9.17, 15) is 14.4 Å². The number of nitrogens with one attached hydrogen (secondary N) is 1. The summed E-state index contributed by atoms with van der Waals surface area (Å²) in [6.07, 6.45) is 0.528. The average molecular weight is 379 g/mol. The topological polar surface area (TPSA) is 79.4 Å². The van der Waals surface area contributed by atoms with E-state index >= 15 is 0 Å². The van der Waals surface area contributed by atoms with Crippen LogP contribution in [0.3, 0.4) is 0 Å². The standard InChI is InChI=1S/C20H17N3O3S/c24-17-9-10-18(25)23(17)12-11-21-19(26)13-5-7-14(8-6-13)20-22-15-3-1-2-4-16(15)27-20/h1-8H,9-12H2,(H,21,26). The SMILES string of the molecule is O=C(NCCN1C(=O)CCC1=O)c1ccc(-c2nc3ccccc3s2)cc1. The van der Waals surface area contributed by atoms with Crippen LogP contribution >= 0.6 is 11.3 Å². The second-order valence-corrected chi connectivity index (χ2v) is 7.29. The summed E-state index contributed by atoms with van der Waals surface area (Å²) in [5.74, 6) is -0.575. The molecule has 3 amide bonds. The molecule has 2 heterocycles. The van der Waals surface area contributed by atoms with Crippen LogP contribution in [0, 0.1) is 0 Å². The summed E-state index contributed by atoms with van der Waals surface area (Å²) in [7, 11) is 0. The van der Waals surface area contributed by atoms with E-state index in [4.69, 9.17) is 0 Å². The van der Waals surface area contributed by atoms with Crippen LogP contribution in [0.1, 0.15) is 23.2 Å². The van der Waals surface area contributed by atoms with Gasteiger partial charge in [-0.1, -0.05) is 24.3 Å². The smallest absolute Gasteiger partial charge is 0.251 e. The van der Waals surface area contributed by atoms with Crippen molar-refractivity contribution in [3.8, 4) is 10.6 Å². The maximum absolute atomic E-state index is 12.3. The summed E-state index contributed by atoms with van der Waals surface area (Å²) < 4.78 is 1.13. The first-order chi connectivity index (χ1) is 13.1. The van der Waals surface area contributed by atoms with Crippen LogP contribution in [0.2, 0.25) is 0 Å². The van der Waals surface area contributed by atoms with Gasteiger partial charge in [0.2, 0.25) is 11.8 Å². The number of para-hydroxylation sites is 1. The van der Waals surface area contributed by atoms with E-state index in [0.717, 1.165) is 20.8 Å². The van der Waals surface area contributed by atoms with Crippen molar-refractivity contribution in [2.45, 2.75) is 12.8 Å². The average Bonchev–Trinajstić information content (AvgIpc) is 3.26. The highest BCUT2D eigenvalue weighted by molar-refractivity contribution is 7.21.